The molecule has 9 heteroatoms. The van der Waals surface area contributed by atoms with Gasteiger partial charge in [-0.25, -0.2) is 4.79 Å². The van der Waals surface area contributed by atoms with Crippen LogP contribution in [-0.4, -0.2) is 28.9 Å². The topological polar surface area (TPSA) is 109 Å². The lowest BCUT2D eigenvalue weighted by atomic mass is 10.0. The summed E-state index contributed by atoms with van der Waals surface area (Å²) in [6.45, 7) is 3.35. The maximum atomic E-state index is 12.7. The minimum absolute atomic E-state index is 0.0000234. The molecule has 0 aliphatic carbocycles. The van der Waals surface area contributed by atoms with Gasteiger partial charge in [0.15, 0.2) is 10.4 Å². The number of halogens is 2. The van der Waals surface area contributed by atoms with Crippen molar-refractivity contribution in [2.75, 3.05) is 0 Å². The summed E-state index contributed by atoms with van der Waals surface area (Å²) in [5.41, 5.74) is 0.539. The number of hydrogen-bond donors (Lipinski definition) is 3. The largest absolute Gasteiger partial charge is 0.480 e. The predicted octanol–water partition coefficient (Wildman–Crippen LogP) is 3.80. The van der Waals surface area contributed by atoms with Crippen LogP contribution in [0.4, 0.5) is 0 Å². The van der Waals surface area contributed by atoms with E-state index in [1.54, 1.807) is 44.2 Å². The molecule has 1 atom stereocenters. The van der Waals surface area contributed by atoms with Crippen LogP contribution in [0.1, 0.15) is 30.0 Å². The summed E-state index contributed by atoms with van der Waals surface area (Å²) in [7, 11) is 0. The number of nitrogens with one attached hydrogen (secondary N) is 2. The summed E-state index contributed by atoms with van der Waals surface area (Å²) in [6.07, 6.45) is 1.46. The number of furan rings is 1. The normalized spacial score (nSPS) is 12.5. The van der Waals surface area contributed by atoms with Crippen molar-refractivity contribution in [2.24, 2.45) is 5.92 Å². The van der Waals surface area contributed by atoms with Crippen molar-refractivity contribution in [3.05, 3.63) is 62.6 Å². The highest BCUT2D eigenvalue weighted by Crippen LogP contribution is 2.16. The van der Waals surface area contributed by atoms with Crippen LogP contribution in [0.15, 0.2) is 55.7 Å². The van der Waals surface area contributed by atoms with E-state index in [0.717, 1.165) is 4.47 Å². The monoisotopic (exact) mass is 512 g/mol. The van der Waals surface area contributed by atoms with E-state index in [1.165, 1.54) is 12.1 Å². The van der Waals surface area contributed by atoms with Crippen LogP contribution in [-0.2, 0) is 9.59 Å². The number of carbonyl (C=O) groups is 3. The number of carboxylic acids is 1. The van der Waals surface area contributed by atoms with Crippen LogP contribution in [0, 0.1) is 5.92 Å². The third-order valence-electron chi connectivity index (χ3n) is 3.69. The fraction of sp³-hybridized carbons (Fsp3) is 0.211. The van der Waals surface area contributed by atoms with Crippen molar-refractivity contribution >= 4 is 55.7 Å². The third-order valence-corrected chi connectivity index (χ3v) is 4.65. The van der Waals surface area contributed by atoms with Crippen LogP contribution in [0.25, 0.3) is 6.08 Å². The number of aliphatic carboxylic acids is 1. The Morgan fingerprint density at radius 2 is 1.71 bits per heavy atom. The number of carboxylic acid groups (broad SMARTS) is 1. The highest BCUT2D eigenvalue weighted by Gasteiger charge is 2.26. The number of carbonyl (C=O) groups excluding carboxylic acids is 2. The summed E-state index contributed by atoms with van der Waals surface area (Å²) in [5, 5.41) is 14.2. The molecule has 0 bridgehead atoms. The molecule has 0 radical (unpaired) electrons. The van der Waals surface area contributed by atoms with Gasteiger partial charge in [-0.15, -0.1) is 0 Å². The van der Waals surface area contributed by atoms with Crippen LogP contribution in [0.2, 0.25) is 0 Å². The van der Waals surface area contributed by atoms with E-state index < -0.39 is 23.8 Å². The predicted molar refractivity (Wildman–Crippen MR) is 110 cm³/mol. The molecule has 7 nitrogen and oxygen atoms in total. The maximum Gasteiger partial charge on any atom is 0.326 e. The van der Waals surface area contributed by atoms with Gasteiger partial charge in [0.1, 0.15) is 11.7 Å². The number of rotatable bonds is 7. The molecule has 2 rings (SSSR count). The summed E-state index contributed by atoms with van der Waals surface area (Å²) in [6, 6.07) is 8.93. The summed E-state index contributed by atoms with van der Waals surface area (Å²) in [5.74, 6) is -2.86. The van der Waals surface area contributed by atoms with Gasteiger partial charge in [0.2, 0.25) is 0 Å². The van der Waals surface area contributed by atoms with E-state index in [1.807, 2.05) is 0 Å². The Kier molecular flexibility index (Phi) is 7.59. The molecule has 0 unspecified atom stereocenters. The summed E-state index contributed by atoms with van der Waals surface area (Å²) in [4.78, 5) is 36.5. The van der Waals surface area contributed by atoms with Gasteiger partial charge in [0.05, 0.1) is 0 Å². The van der Waals surface area contributed by atoms with E-state index in [9.17, 15) is 19.5 Å². The quantitative estimate of drug-likeness (QED) is 0.488. The lowest BCUT2D eigenvalue weighted by molar-refractivity contribution is -0.142. The number of benzene rings is 1. The van der Waals surface area contributed by atoms with Crippen molar-refractivity contribution < 1.29 is 23.9 Å². The highest BCUT2D eigenvalue weighted by molar-refractivity contribution is 9.10. The molecule has 3 N–H and O–H groups in total. The fourth-order valence-electron chi connectivity index (χ4n) is 2.24. The standard InChI is InChI=1S/C19H18Br2N2O5/c1-10(2)16(19(26)27)23-17(24)13(9-11-3-5-12(20)6-4-11)22-18(25)14-7-8-15(21)28-14/h3-10,16H,1-2H3,(H,22,25)(H,23,24)(H,26,27)/b13-9+/t16-/m1/s1. The Morgan fingerprint density at radius 1 is 1.07 bits per heavy atom. The first-order valence-corrected chi connectivity index (χ1v) is 9.83. The Hall–Kier alpha value is -2.39. The van der Waals surface area contributed by atoms with Gasteiger partial charge in [0.25, 0.3) is 11.8 Å². The van der Waals surface area contributed by atoms with E-state index in [-0.39, 0.29) is 17.4 Å². The van der Waals surface area contributed by atoms with Crippen LogP contribution in [0.3, 0.4) is 0 Å². The molecule has 148 valence electrons. The molecular formula is C19H18Br2N2O5. The van der Waals surface area contributed by atoms with Crippen molar-refractivity contribution in [1.82, 2.24) is 10.6 Å². The van der Waals surface area contributed by atoms with Crippen molar-refractivity contribution in [2.45, 2.75) is 19.9 Å². The molecule has 0 fully saturated rings. The minimum atomic E-state index is -1.16. The van der Waals surface area contributed by atoms with Crippen molar-refractivity contribution in [3.8, 4) is 0 Å². The van der Waals surface area contributed by atoms with Crippen molar-refractivity contribution in [3.63, 3.8) is 0 Å². The average Bonchev–Trinajstić information content (AvgIpc) is 3.06. The number of amides is 2. The van der Waals surface area contributed by atoms with Crippen LogP contribution < -0.4 is 10.6 Å². The fourth-order valence-corrected chi connectivity index (χ4v) is 2.81. The molecular weight excluding hydrogens is 496 g/mol. The summed E-state index contributed by atoms with van der Waals surface area (Å²) < 4.78 is 6.41. The van der Waals surface area contributed by atoms with E-state index in [4.69, 9.17) is 4.42 Å². The van der Waals surface area contributed by atoms with E-state index in [2.05, 4.69) is 42.5 Å². The molecule has 0 saturated carbocycles. The first-order chi connectivity index (χ1) is 13.2. The Balaban J connectivity index is 2.31. The Bertz CT molecular complexity index is 903. The molecule has 0 spiro atoms. The van der Waals surface area contributed by atoms with Gasteiger partial charge in [-0.2, -0.15) is 0 Å². The Labute approximate surface area is 178 Å². The smallest absolute Gasteiger partial charge is 0.326 e. The van der Waals surface area contributed by atoms with E-state index in [0.29, 0.717) is 10.2 Å². The van der Waals surface area contributed by atoms with Crippen LogP contribution >= 0.6 is 31.9 Å². The van der Waals surface area contributed by atoms with Gasteiger partial charge >= 0.3 is 5.97 Å². The molecule has 2 aromatic rings. The van der Waals surface area contributed by atoms with Crippen LogP contribution in [0.5, 0.6) is 0 Å². The molecule has 2 amide bonds. The minimum Gasteiger partial charge on any atom is -0.480 e. The molecule has 1 aromatic carbocycles. The first kappa shape index (κ1) is 21.9. The first-order valence-electron chi connectivity index (χ1n) is 8.25. The third kappa shape index (κ3) is 6.07. The maximum absolute atomic E-state index is 12.7. The second-order valence-corrected chi connectivity index (χ2v) is 7.90. The number of hydrogen-bond acceptors (Lipinski definition) is 4. The highest BCUT2D eigenvalue weighted by atomic mass is 79.9. The molecule has 0 aliphatic heterocycles. The average molecular weight is 514 g/mol. The second kappa shape index (κ2) is 9.70. The SMILES string of the molecule is CC(C)[C@@H](NC(=O)/C(=C\c1ccc(Br)cc1)NC(=O)c1ccc(Br)o1)C(=O)O. The lowest BCUT2D eigenvalue weighted by Crippen LogP contribution is -2.47. The zero-order valence-electron chi connectivity index (χ0n) is 15.0. The van der Waals surface area contributed by atoms with Gasteiger partial charge < -0.3 is 20.2 Å². The van der Waals surface area contributed by atoms with Gasteiger partial charge in [-0.3, -0.25) is 9.59 Å². The molecule has 0 saturated heterocycles. The molecule has 28 heavy (non-hydrogen) atoms. The lowest BCUT2D eigenvalue weighted by Gasteiger charge is -2.19. The van der Waals surface area contributed by atoms with Gasteiger partial charge in [-0.1, -0.05) is 41.9 Å². The zero-order valence-corrected chi connectivity index (χ0v) is 18.2. The summed E-state index contributed by atoms with van der Waals surface area (Å²) >= 11 is 6.44. The van der Waals surface area contributed by atoms with Gasteiger partial charge in [0, 0.05) is 4.47 Å². The molecule has 0 aliphatic rings. The molecule has 1 aromatic heterocycles. The van der Waals surface area contributed by atoms with Gasteiger partial charge in [-0.05, 0) is 57.8 Å². The van der Waals surface area contributed by atoms with Crippen molar-refractivity contribution in [1.29, 1.82) is 0 Å². The zero-order chi connectivity index (χ0) is 20.8. The second-order valence-electron chi connectivity index (χ2n) is 6.20. The Morgan fingerprint density at radius 3 is 2.21 bits per heavy atom. The van der Waals surface area contributed by atoms with E-state index >= 15 is 0 Å². The molecule has 1 heterocycles.